The Morgan fingerprint density at radius 3 is 2.61 bits per heavy atom. The highest BCUT2D eigenvalue weighted by Crippen LogP contribution is 2.39. The zero-order valence-electron chi connectivity index (χ0n) is 17.8. The lowest BCUT2D eigenvalue weighted by atomic mass is 9.95. The lowest BCUT2D eigenvalue weighted by Gasteiger charge is -2.39. The first-order chi connectivity index (χ1) is 16.0. The summed E-state index contributed by atoms with van der Waals surface area (Å²) in [6.07, 6.45) is 7.38. The van der Waals surface area contributed by atoms with Crippen molar-refractivity contribution in [3.8, 4) is 17.0 Å². The van der Waals surface area contributed by atoms with E-state index in [-0.39, 0.29) is 28.8 Å². The largest absolute Gasteiger partial charge is 0.505 e. The number of fused-ring (bicyclic) bond motifs is 1. The molecule has 1 N–H and O–H groups in total. The van der Waals surface area contributed by atoms with Gasteiger partial charge in [-0.05, 0) is 68.0 Å². The van der Waals surface area contributed by atoms with Crippen molar-refractivity contribution in [3.05, 3.63) is 72.2 Å². The average Bonchev–Trinajstić information content (AvgIpc) is 3.29. The molecule has 3 aromatic rings. The number of benzene rings is 1. The number of aromatic nitrogens is 2. The summed E-state index contributed by atoms with van der Waals surface area (Å²) in [5, 5.41) is 10.5. The minimum absolute atomic E-state index is 0.0797. The summed E-state index contributed by atoms with van der Waals surface area (Å²) >= 11 is 0. The van der Waals surface area contributed by atoms with Gasteiger partial charge in [-0.1, -0.05) is 12.5 Å². The molecule has 1 aliphatic carbocycles. The maximum Gasteiger partial charge on any atom is 0.282 e. The smallest absolute Gasteiger partial charge is 0.282 e. The quantitative estimate of drug-likeness (QED) is 0.599. The predicted octanol–water partition coefficient (Wildman–Crippen LogP) is 5.08. The van der Waals surface area contributed by atoms with Crippen LogP contribution in [-0.2, 0) is 4.74 Å². The van der Waals surface area contributed by atoms with E-state index in [1.807, 2.05) is 0 Å². The zero-order valence-corrected chi connectivity index (χ0v) is 17.8. The third-order valence-electron chi connectivity index (χ3n) is 6.43. The lowest BCUT2D eigenvalue weighted by Crippen LogP contribution is -2.47. The van der Waals surface area contributed by atoms with E-state index in [9.17, 15) is 18.7 Å². The summed E-state index contributed by atoms with van der Waals surface area (Å²) in [5.41, 5.74) is -0.260. The highest BCUT2D eigenvalue weighted by molar-refractivity contribution is 6.07. The van der Waals surface area contributed by atoms with Crippen LogP contribution in [0.3, 0.4) is 0 Å². The summed E-state index contributed by atoms with van der Waals surface area (Å²) in [6.45, 7) is 0. The molecular weight excluding hydrogens is 428 g/mol. The molecule has 2 fully saturated rings. The summed E-state index contributed by atoms with van der Waals surface area (Å²) in [6, 6.07) is 9.41. The number of pyridine rings is 2. The summed E-state index contributed by atoms with van der Waals surface area (Å²) in [5.74, 6) is -2.13. The molecule has 170 valence electrons. The Kier molecular flexibility index (Phi) is 5.76. The molecule has 2 aromatic heterocycles. The number of anilines is 1. The van der Waals surface area contributed by atoms with Crippen LogP contribution < -0.4 is 4.90 Å². The van der Waals surface area contributed by atoms with Crippen molar-refractivity contribution < 1.29 is 23.4 Å². The molecule has 1 aromatic carbocycles. The van der Waals surface area contributed by atoms with E-state index in [4.69, 9.17) is 4.74 Å². The van der Waals surface area contributed by atoms with E-state index in [0.717, 1.165) is 37.8 Å². The van der Waals surface area contributed by atoms with Crippen LogP contribution in [0.25, 0.3) is 11.3 Å². The van der Waals surface area contributed by atoms with Crippen LogP contribution in [0.2, 0.25) is 0 Å². The Hall–Kier alpha value is -3.39. The van der Waals surface area contributed by atoms with Gasteiger partial charge in [-0.2, -0.15) is 0 Å². The van der Waals surface area contributed by atoms with Gasteiger partial charge in [-0.25, -0.2) is 13.8 Å². The van der Waals surface area contributed by atoms with E-state index >= 15 is 0 Å². The molecule has 1 aliphatic heterocycles. The first kappa shape index (κ1) is 21.5. The van der Waals surface area contributed by atoms with Crippen molar-refractivity contribution >= 4 is 11.6 Å². The van der Waals surface area contributed by atoms with E-state index in [0.29, 0.717) is 18.0 Å². The molecule has 1 saturated carbocycles. The highest BCUT2D eigenvalue weighted by Gasteiger charge is 2.39. The molecular formula is C25H23F2N3O3. The van der Waals surface area contributed by atoms with Crippen LogP contribution in [-0.4, -0.2) is 33.3 Å². The molecule has 0 bridgehead atoms. The van der Waals surface area contributed by atoms with Crippen molar-refractivity contribution in [2.75, 3.05) is 4.90 Å². The van der Waals surface area contributed by atoms with Gasteiger partial charge >= 0.3 is 0 Å². The Bertz CT molecular complexity index is 1150. The fourth-order valence-electron chi connectivity index (χ4n) is 4.84. The standard InChI is InChI=1S/C25H23F2N3O3/c26-17-6-2-7-18(27)23(17)19-10-11-20(31)24(29-19)25(32)30(16-5-3-13-28-14-16)22-12-9-15-4-1-8-21(15)33-22/h2-3,5-7,10-11,13-15,21-22,31H,1,4,8-9,12H2. The number of carbonyl (C=O) groups excluding carboxylic acids is 1. The monoisotopic (exact) mass is 451 g/mol. The molecule has 3 heterocycles. The van der Waals surface area contributed by atoms with Crippen LogP contribution in [0.1, 0.15) is 42.6 Å². The van der Waals surface area contributed by atoms with Gasteiger partial charge in [0.25, 0.3) is 5.91 Å². The molecule has 1 saturated heterocycles. The topological polar surface area (TPSA) is 75.5 Å². The minimum atomic E-state index is -0.807. The van der Waals surface area contributed by atoms with Crippen LogP contribution in [0.15, 0.2) is 54.9 Å². The third kappa shape index (κ3) is 4.06. The second-order valence-corrected chi connectivity index (χ2v) is 8.44. The van der Waals surface area contributed by atoms with Gasteiger partial charge in [0.2, 0.25) is 0 Å². The minimum Gasteiger partial charge on any atom is -0.505 e. The van der Waals surface area contributed by atoms with Crippen molar-refractivity contribution in [3.63, 3.8) is 0 Å². The summed E-state index contributed by atoms with van der Waals surface area (Å²) in [7, 11) is 0. The lowest BCUT2D eigenvalue weighted by molar-refractivity contribution is -0.0675. The molecule has 5 rings (SSSR count). The molecule has 33 heavy (non-hydrogen) atoms. The van der Waals surface area contributed by atoms with E-state index < -0.39 is 23.8 Å². The number of rotatable bonds is 4. The number of carbonyl (C=O) groups is 1. The first-order valence-electron chi connectivity index (χ1n) is 11.1. The maximum absolute atomic E-state index is 14.3. The van der Waals surface area contributed by atoms with E-state index in [1.165, 1.54) is 23.1 Å². The van der Waals surface area contributed by atoms with Gasteiger partial charge in [-0.15, -0.1) is 0 Å². The molecule has 3 atom stereocenters. The number of amides is 1. The second-order valence-electron chi connectivity index (χ2n) is 8.44. The second kappa shape index (κ2) is 8.86. The van der Waals surface area contributed by atoms with Crippen LogP contribution in [0.5, 0.6) is 5.75 Å². The number of halogens is 2. The van der Waals surface area contributed by atoms with Crippen LogP contribution in [0, 0.1) is 17.6 Å². The normalized spacial score (nSPS) is 22.1. The van der Waals surface area contributed by atoms with Gasteiger partial charge in [0.15, 0.2) is 5.69 Å². The first-order valence-corrected chi connectivity index (χ1v) is 11.1. The molecule has 8 heteroatoms. The van der Waals surface area contributed by atoms with Gasteiger partial charge in [0.1, 0.15) is 23.6 Å². The Labute approximate surface area is 189 Å². The highest BCUT2D eigenvalue weighted by atomic mass is 19.1. The average molecular weight is 451 g/mol. The number of aromatic hydroxyl groups is 1. The summed E-state index contributed by atoms with van der Waals surface area (Å²) in [4.78, 5) is 23.5. The van der Waals surface area contributed by atoms with Gasteiger partial charge < -0.3 is 9.84 Å². The molecule has 0 radical (unpaired) electrons. The van der Waals surface area contributed by atoms with Gasteiger partial charge in [0, 0.05) is 6.20 Å². The Morgan fingerprint density at radius 1 is 1.03 bits per heavy atom. The molecule has 2 aliphatic rings. The fraction of sp³-hybridized carbons (Fsp3) is 0.320. The molecule has 6 nitrogen and oxygen atoms in total. The van der Waals surface area contributed by atoms with Crippen molar-refractivity contribution in [1.29, 1.82) is 0 Å². The maximum atomic E-state index is 14.3. The van der Waals surface area contributed by atoms with Crippen molar-refractivity contribution in [2.24, 2.45) is 5.92 Å². The zero-order chi connectivity index (χ0) is 22.9. The van der Waals surface area contributed by atoms with Crippen LogP contribution in [0.4, 0.5) is 14.5 Å². The van der Waals surface area contributed by atoms with Crippen LogP contribution >= 0.6 is 0 Å². The summed E-state index contributed by atoms with van der Waals surface area (Å²) < 4.78 is 35.0. The van der Waals surface area contributed by atoms with Crippen molar-refractivity contribution in [2.45, 2.75) is 44.4 Å². The van der Waals surface area contributed by atoms with Gasteiger partial charge in [-0.3, -0.25) is 14.7 Å². The number of ether oxygens (including phenoxy) is 1. The number of hydrogen-bond donors (Lipinski definition) is 1. The van der Waals surface area contributed by atoms with E-state index in [2.05, 4.69) is 9.97 Å². The molecule has 0 spiro atoms. The SMILES string of the molecule is O=C(c1nc(-c2c(F)cccc2F)ccc1O)N(c1cccnc1)C1CCC2CCCC2O1. The predicted molar refractivity (Wildman–Crippen MR) is 118 cm³/mol. The molecule has 1 amide bonds. The number of hydrogen-bond acceptors (Lipinski definition) is 5. The van der Waals surface area contributed by atoms with Crippen molar-refractivity contribution in [1.82, 2.24) is 9.97 Å². The van der Waals surface area contributed by atoms with E-state index in [1.54, 1.807) is 24.5 Å². The molecule has 3 unspecified atom stereocenters. The number of nitrogens with zero attached hydrogens (tertiary/aromatic N) is 3. The van der Waals surface area contributed by atoms with Gasteiger partial charge in [0.05, 0.1) is 29.2 Å². The Morgan fingerprint density at radius 2 is 1.85 bits per heavy atom. The Balaban J connectivity index is 1.55. The third-order valence-corrected chi connectivity index (χ3v) is 6.43. The fourth-order valence-corrected chi connectivity index (χ4v) is 4.84.